The van der Waals surface area contributed by atoms with Gasteiger partial charge in [0.05, 0.1) is 43.4 Å². The summed E-state index contributed by atoms with van der Waals surface area (Å²) in [5.41, 5.74) is 3.61. The van der Waals surface area contributed by atoms with Crippen molar-refractivity contribution in [3.8, 4) is 5.75 Å². The van der Waals surface area contributed by atoms with E-state index < -0.39 is 12.0 Å². The summed E-state index contributed by atoms with van der Waals surface area (Å²) in [5.74, 6) is -0.203. The molecule has 0 aromatic heterocycles. The first-order valence-corrected chi connectivity index (χ1v) is 15.0. The second kappa shape index (κ2) is 13.3. The number of rotatable bonds is 9. The summed E-state index contributed by atoms with van der Waals surface area (Å²) in [6.07, 6.45) is 1.31. The summed E-state index contributed by atoms with van der Waals surface area (Å²) in [6.45, 7) is 5.36. The number of hydrogen-bond donors (Lipinski definition) is 0. The molecule has 1 amide bonds. The van der Waals surface area contributed by atoms with Crippen LogP contribution in [0.15, 0.2) is 82.0 Å². The topological polar surface area (TPSA) is 97.7 Å². The third kappa shape index (κ3) is 6.38. The van der Waals surface area contributed by atoms with E-state index in [-0.39, 0.29) is 24.2 Å². The molecule has 1 saturated heterocycles. The average Bonchev–Trinajstić information content (AvgIpc) is 3.41. The number of aliphatic imine (C=N–C) groups is 1. The Morgan fingerprint density at radius 1 is 1.05 bits per heavy atom. The predicted octanol–water partition coefficient (Wildman–Crippen LogP) is 5.21. The zero-order chi connectivity index (χ0) is 29.6. The van der Waals surface area contributed by atoms with Gasteiger partial charge in [-0.15, -0.1) is 0 Å². The average molecular weight is 590 g/mol. The molecule has 2 aromatic rings. The molecule has 3 aliphatic rings. The fraction of sp³-hybridized carbons (Fsp3) is 0.375. The largest absolute Gasteiger partial charge is 0.489 e. The van der Waals surface area contributed by atoms with Gasteiger partial charge in [-0.2, -0.15) is 0 Å². The highest BCUT2D eigenvalue weighted by molar-refractivity contribution is 8.16. The molecular formula is C32H35N3O6S. The Kier molecular flexibility index (Phi) is 9.31. The van der Waals surface area contributed by atoms with Gasteiger partial charge >= 0.3 is 11.9 Å². The van der Waals surface area contributed by atoms with Crippen LogP contribution in [-0.4, -0.2) is 59.6 Å². The fourth-order valence-corrected chi connectivity index (χ4v) is 6.43. The van der Waals surface area contributed by atoms with E-state index >= 15 is 0 Å². The quantitative estimate of drug-likeness (QED) is 0.368. The Hall–Kier alpha value is -4.05. The Morgan fingerprint density at radius 2 is 1.81 bits per heavy atom. The Balaban J connectivity index is 1.36. The number of amides is 1. The SMILES string of the molecule is CCOC(=O)C1CCN(C(=O)CC2=CSC3=NC(C)=C(C(=O)OC)C(c4cccc(OCc5ccccc5)c4)N23)CC1. The smallest absolute Gasteiger partial charge is 0.338 e. The minimum absolute atomic E-state index is 0.0324. The molecule has 10 heteroatoms. The van der Waals surface area contributed by atoms with Crippen molar-refractivity contribution in [3.05, 3.63) is 88.1 Å². The second-order valence-electron chi connectivity index (χ2n) is 10.3. The lowest BCUT2D eigenvalue weighted by Gasteiger charge is -2.37. The van der Waals surface area contributed by atoms with Crippen LogP contribution in [0.2, 0.25) is 0 Å². The molecule has 42 heavy (non-hydrogen) atoms. The summed E-state index contributed by atoms with van der Waals surface area (Å²) in [4.78, 5) is 47.2. The highest BCUT2D eigenvalue weighted by Gasteiger charge is 2.41. The second-order valence-corrected chi connectivity index (χ2v) is 11.2. The number of esters is 2. The molecule has 0 saturated carbocycles. The summed E-state index contributed by atoms with van der Waals surface area (Å²) in [6, 6.07) is 17.0. The first-order chi connectivity index (χ1) is 20.4. The van der Waals surface area contributed by atoms with E-state index in [2.05, 4.69) is 0 Å². The van der Waals surface area contributed by atoms with Crippen LogP contribution < -0.4 is 4.74 Å². The molecule has 220 valence electrons. The van der Waals surface area contributed by atoms with Crippen molar-refractivity contribution in [1.82, 2.24) is 9.80 Å². The third-order valence-electron chi connectivity index (χ3n) is 7.63. The first-order valence-electron chi connectivity index (χ1n) is 14.1. The van der Waals surface area contributed by atoms with Gasteiger partial charge in [0.1, 0.15) is 12.4 Å². The van der Waals surface area contributed by atoms with Crippen molar-refractivity contribution in [1.29, 1.82) is 0 Å². The van der Waals surface area contributed by atoms with Crippen molar-refractivity contribution in [2.45, 2.75) is 45.8 Å². The van der Waals surface area contributed by atoms with E-state index in [1.165, 1.54) is 18.9 Å². The molecule has 5 rings (SSSR count). The standard InChI is InChI=1S/C32H35N3O6S/c1-4-40-30(37)23-13-15-34(16-14-23)27(36)18-25-20-42-32-33-21(2)28(31(38)39-3)29(35(25)32)24-11-8-12-26(17-24)41-19-22-9-6-5-7-10-22/h5-12,17,20,23,29H,4,13-16,18-19H2,1-3H3. The minimum Gasteiger partial charge on any atom is -0.489 e. The van der Waals surface area contributed by atoms with Gasteiger partial charge in [0.25, 0.3) is 0 Å². The highest BCUT2D eigenvalue weighted by atomic mass is 32.2. The zero-order valence-corrected chi connectivity index (χ0v) is 24.9. The van der Waals surface area contributed by atoms with Gasteiger partial charge in [-0.1, -0.05) is 54.2 Å². The number of hydrogen-bond acceptors (Lipinski definition) is 9. The van der Waals surface area contributed by atoms with Crippen molar-refractivity contribution < 1.29 is 28.6 Å². The van der Waals surface area contributed by atoms with Crippen LogP contribution in [0.25, 0.3) is 0 Å². The fourth-order valence-electron chi connectivity index (χ4n) is 5.46. The number of amidine groups is 1. The van der Waals surface area contributed by atoms with E-state index in [0.717, 1.165) is 16.8 Å². The highest BCUT2D eigenvalue weighted by Crippen LogP contribution is 2.45. The van der Waals surface area contributed by atoms with Gasteiger partial charge < -0.3 is 24.0 Å². The number of allylic oxidation sites excluding steroid dienone is 1. The summed E-state index contributed by atoms with van der Waals surface area (Å²) >= 11 is 1.43. The molecule has 9 nitrogen and oxygen atoms in total. The van der Waals surface area contributed by atoms with Crippen LogP contribution in [-0.2, 0) is 30.5 Å². The number of likely N-dealkylation sites (tertiary alicyclic amines) is 1. The lowest BCUT2D eigenvalue weighted by molar-refractivity contribution is -0.151. The lowest BCUT2D eigenvalue weighted by Crippen LogP contribution is -2.42. The van der Waals surface area contributed by atoms with Crippen LogP contribution in [0.4, 0.5) is 0 Å². The van der Waals surface area contributed by atoms with E-state index in [1.54, 1.807) is 18.7 Å². The molecule has 0 spiro atoms. The minimum atomic E-state index is -0.547. The number of ether oxygens (including phenoxy) is 3. The molecule has 1 fully saturated rings. The van der Waals surface area contributed by atoms with Gasteiger partial charge in [0.2, 0.25) is 5.91 Å². The Bertz CT molecular complexity index is 1430. The molecule has 0 aliphatic carbocycles. The maximum Gasteiger partial charge on any atom is 0.338 e. The van der Waals surface area contributed by atoms with Crippen molar-refractivity contribution in [2.24, 2.45) is 10.9 Å². The number of piperidine rings is 1. The molecular weight excluding hydrogens is 554 g/mol. The van der Waals surface area contributed by atoms with E-state index in [0.29, 0.717) is 61.3 Å². The first kappa shape index (κ1) is 29.4. The molecule has 2 aromatic carbocycles. The number of methoxy groups -OCH3 is 1. The normalized spacial score (nSPS) is 18.7. The maximum atomic E-state index is 13.5. The number of nitrogens with zero attached hydrogens (tertiary/aromatic N) is 3. The number of carbonyl (C=O) groups is 3. The van der Waals surface area contributed by atoms with Crippen molar-refractivity contribution >= 4 is 34.8 Å². The summed E-state index contributed by atoms with van der Waals surface area (Å²) < 4.78 is 16.5. The monoisotopic (exact) mass is 589 g/mol. The number of carbonyl (C=O) groups excluding carboxylic acids is 3. The summed E-state index contributed by atoms with van der Waals surface area (Å²) in [5, 5.41) is 2.63. The van der Waals surface area contributed by atoms with Crippen LogP contribution in [0.1, 0.15) is 50.3 Å². The van der Waals surface area contributed by atoms with Gasteiger partial charge in [0.15, 0.2) is 5.17 Å². The van der Waals surface area contributed by atoms with Gasteiger partial charge in [-0.3, -0.25) is 9.59 Å². The van der Waals surface area contributed by atoms with Crippen molar-refractivity contribution in [2.75, 3.05) is 26.8 Å². The summed E-state index contributed by atoms with van der Waals surface area (Å²) in [7, 11) is 1.36. The lowest BCUT2D eigenvalue weighted by atomic mass is 9.93. The van der Waals surface area contributed by atoms with Gasteiger partial charge in [0, 0.05) is 18.8 Å². The van der Waals surface area contributed by atoms with E-state index in [4.69, 9.17) is 19.2 Å². The van der Waals surface area contributed by atoms with Gasteiger partial charge in [-0.05, 0) is 55.4 Å². The zero-order valence-electron chi connectivity index (χ0n) is 24.1. The Morgan fingerprint density at radius 3 is 2.52 bits per heavy atom. The van der Waals surface area contributed by atoms with Crippen LogP contribution in [0.5, 0.6) is 5.75 Å². The van der Waals surface area contributed by atoms with Crippen molar-refractivity contribution in [3.63, 3.8) is 0 Å². The predicted molar refractivity (Wildman–Crippen MR) is 160 cm³/mol. The van der Waals surface area contributed by atoms with Gasteiger partial charge in [-0.25, -0.2) is 9.79 Å². The third-order valence-corrected chi connectivity index (χ3v) is 8.52. The molecule has 1 atom stereocenters. The number of benzene rings is 2. The van der Waals surface area contributed by atoms with Crippen LogP contribution >= 0.6 is 11.8 Å². The molecule has 3 heterocycles. The Labute approximate surface area is 250 Å². The molecule has 0 radical (unpaired) electrons. The van der Waals surface area contributed by atoms with Crippen LogP contribution in [0, 0.1) is 5.92 Å². The molecule has 0 N–H and O–H groups in total. The molecule has 1 unspecified atom stereocenters. The number of thioether (sulfide) groups is 1. The maximum absolute atomic E-state index is 13.5. The van der Waals surface area contributed by atoms with Crippen LogP contribution in [0.3, 0.4) is 0 Å². The molecule has 3 aliphatic heterocycles. The van der Waals surface area contributed by atoms with E-state index in [1.807, 2.05) is 64.9 Å². The number of fused-ring (bicyclic) bond motifs is 1. The van der Waals surface area contributed by atoms with E-state index in [9.17, 15) is 14.4 Å². The molecule has 0 bridgehead atoms.